The van der Waals surface area contributed by atoms with Crippen molar-refractivity contribution >= 4 is 28.2 Å². The summed E-state index contributed by atoms with van der Waals surface area (Å²) in [4.78, 5) is 0. The van der Waals surface area contributed by atoms with Gasteiger partial charge in [0.15, 0.2) is 16.6 Å². The number of hydrogen-bond acceptors (Lipinski definition) is 4. The van der Waals surface area contributed by atoms with Crippen LogP contribution in [-0.4, -0.2) is 52.0 Å². The van der Waals surface area contributed by atoms with Crippen molar-refractivity contribution in [2.45, 2.75) is 101 Å². The van der Waals surface area contributed by atoms with Gasteiger partial charge in [-0.3, -0.25) is 0 Å². The topological polar surface area (TPSA) is 47.9 Å². The molecule has 1 aliphatic rings. The zero-order valence-corrected chi connectivity index (χ0v) is 20.1. The van der Waals surface area contributed by atoms with Gasteiger partial charge in [0.1, 0.15) is 12.2 Å². The zero-order chi connectivity index (χ0) is 20.1. The van der Waals surface area contributed by atoms with E-state index in [4.69, 9.17) is 25.2 Å². The van der Waals surface area contributed by atoms with Crippen LogP contribution in [0.15, 0.2) is 0 Å². The molecule has 8 heteroatoms. The van der Waals surface area contributed by atoms with E-state index < -0.39 is 40.3 Å². The molecule has 1 rings (SSSR count). The lowest BCUT2D eigenvalue weighted by Crippen LogP contribution is -2.53. The zero-order valence-electron chi connectivity index (χ0n) is 17.4. The molecule has 0 aromatic rings. The van der Waals surface area contributed by atoms with Crippen molar-refractivity contribution in [3.63, 3.8) is 0 Å². The van der Waals surface area contributed by atoms with E-state index in [-0.39, 0.29) is 16.7 Å². The molecule has 4 atom stereocenters. The van der Waals surface area contributed by atoms with Gasteiger partial charge in [-0.2, -0.15) is 0 Å². The first kappa shape index (κ1) is 23.5. The molecule has 25 heavy (non-hydrogen) atoms. The molecule has 1 heterocycles. The number of aliphatic hydroxyl groups excluding tert-OH is 1. The lowest BCUT2D eigenvalue weighted by molar-refractivity contribution is -0.127. The van der Waals surface area contributed by atoms with Gasteiger partial charge in [0.05, 0.1) is 6.61 Å². The predicted molar refractivity (Wildman–Crippen MR) is 106 cm³/mol. The molecule has 0 saturated carbocycles. The molecule has 0 amide bonds. The molecular formula is C17H36ClFO4Si2. The Hall–Kier alpha value is 0.494. The fourth-order valence-corrected chi connectivity index (χ4v) is 4.64. The number of hydrogen-bond donors (Lipinski definition) is 1. The summed E-state index contributed by atoms with van der Waals surface area (Å²) in [6, 6.07) is 0. The Bertz CT molecular complexity index is 472. The van der Waals surface area contributed by atoms with E-state index in [1.807, 2.05) is 13.1 Å². The Balaban J connectivity index is 2.98. The Morgan fingerprint density at radius 2 is 1.48 bits per heavy atom. The minimum Gasteiger partial charge on any atom is -0.414 e. The second-order valence-corrected chi connectivity index (χ2v) is 20.2. The van der Waals surface area contributed by atoms with Gasteiger partial charge >= 0.3 is 0 Å². The Morgan fingerprint density at radius 1 is 1.04 bits per heavy atom. The summed E-state index contributed by atoms with van der Waals surface area (Å²) in [5.74, 6) is 0. The second kappa shape index (κ2) is 7.15. The molecule has 1 saturated heterocycles. The first-order chi connectivity index (χ1) is 10.8. The van der Waals surface area contributed by atoms with Gasteiger partial charge in [-0.25, -0.2) is 4.39 Å². The average Bonchev–Trinajstić information content (AvgIpc) is 2.57. The Labute approximate surface area is 159 Å². The fraction of sp³-hybridized carbons (Fsp3) is 1.00. The number of halogens is 2. The van der Waals surface area contributed by atoms with Crippen LogP contribution in [0.4, 0.5) is 4.39 Å². The maximum absolute atomic E-state index is 14.9. The van der Waals surface area contributed by atoms with Crippen molar-refractivity contribution in [1.82, 2.24) is 0 Å². The van der Waals surface area contributed by atoms with Gasteiger partial charge in [-0.1, -0.05) is 53.1 Å². The summed E-state index contributed by atoms with van der Waals surface area (Å²) < 4.78 is 32.7. The van der Waals surface area contributed by atoms with E-state index >= 15 is 0 Å². The van der Waals surface area contributed by atoms with Crippen LogP contribution in [0.3, 0.4) is 0 Å². The van der Waals surface area contributed by atoms with E-state index in [1.54, 1.807) is 0 Å². The first-order valence-corrected chi connectivity index (χ1v) is 15.1. The molecule has 0 aliphatic carbocycles. The Morgan fingerprint density at radius 3 is 1.88 bits per heavy atom. The third kappa shape index (κ3) is 5.06. The van der Waals surface area contributed by atoms with Gasteiger partial charge in [0.25, 0.3) is 5.13 Å². The molecular weight excluding hydrogens is 379 g/mol. The predicted octanol–water partition coefficient (Wildman–Crippen LogP) is 5.02. The highest BCUT2D eigenvalue weighted by Gasteiger charge is 2.60. The highest BCUT2D eigenvalue weighted by molar-refractivity contribution is 6.74. The van der Waals surface area contributed by atoms with Crippen molar-refractivity contribution in [2.75, 3.05) is 6.61 Å². The normalized spacial score (nSPS) is 32.3. The minimum absolute atomic E-state index is 0.0216. The quantitative estimate of drug-likeness (QED) is 0.506. The van der Waals surface area contributed by atoms with Crippen LogP contribution in [0.1, 0.15) is 41.5 Å². The van der Waals surface area contributed by atoms with Crippen molar-refractivity contribution in [3.8, 4) is 0 Å². The van der Waals surface area contributed by atoms with Crippen molar-refractivity contribution in [2.24, 2.45) is 0 Å². The van der Waals surface area contributed by atoms with Gasteiger partial charge in [-0.15, -0.1) is 0 Å². The maximum atomic E-state index is 14.9. The number of ether oxygens (including phenoxy) is 1. The van der Waals surface area contributed by atoms with E-state index in [0.717, 1.165) is 0 Å². The minimum atomic E-state index is -2.48. The van der Waals surface area contributed by atoms with Crippen LogP contribution in [0.2, 0.25) is 36.3 Å². The lowest BCUT2D eigenvalue weighted by atomic mass is 10.1. The third-order valence-corrected chi connectivity index (χ3v) is 15.4. The fourth-order valence-electron chi connectivity index (χ4n) is 2.00. The molecule has 0 radical (unpaired) electrons. The van der Waals surface area contributed by atoms with Crippen molar-refractivity contribution in [3.05, 3.63) is 0 Å². The molecule has 1 N–H and O–H groups in total. The lowest BCUT2D eigenvalue weighted by Gasteiger charge is -2.41. The first-order valence-electron chi connectivity index (χ1n) is 8.86. The molecule has 1 aliphatic heterocycles. The van der Waals surface area contributed by atoms with E-state index in [9.17, 15) is 9.50 Å². The molecule has 0 aromatic carbocycles. The van der Waals surface area contributed by atoms with Crippen LogP contribution >= 0.6 is 11.6 Å². The molecule has 0 spiro atoms. The van der Waals surface area contributed by atoms with Crippen LogP contribution in [0, 0.1) is 0 Å². The van der Waals surface area contributed by atoms with Gasteiger partial charge < -0.3 is 18.7 Å². The molecule has 0 bridgehead atoms. The van der Waals surface area contributed by atoms with Gasteiger partial charge in [0, 0.05) is 0 Å². The van der Waals surface area contributed by atoms with Crippen LogP contribution < -0.4 is 0 Å². The molecule has 0 aromatic heterocycles. The molecule has 1 fully saturated rings. The summed E-state index contributed by atoms with van der Waals surface area (Å²) in [6.45, 7) is 21.0. The van der Waals surface area contributed by atoms with E-state index in [0.29, 0.717) is 0 Å². The van der Waals surface area contributed by atoms with Crippen LogP contribution in [-0.2, 0) is 13.6 Å². The van der Waals surface area contributed by atoms with E-state index in [1.165, 1.54) is 0 Å². The van der Waals surface area contributed by atoms with Gasteiger partial charge in [-0.05, 0) is 36.3 Å². The summed E-state index contributed by atoms with van der Waals surface area (Å²) in [6.07, 6.45) is -3.52. The standard InChI is InChI=1S/C17H36ClFO4Si2/c1-15(2,3)24(7,8)21-11-12-13(17(18,19)14(20)22-12)23-25(9,10)16(4,5)6/h12-14,20H,11H2,1-10H3. The van der Waals surface area contributed by atoms with Crippen LogP contribution in [0.5, 0.6) is 0 Å². The third-order valence-electron chi connectivity index (χ3n) is 5.99. The number of rotatable bonds is 5. The summed E-state index contributed by atoms with van der Waals surface area (Å²) in [7, 11) is -4.34. The average molecular weight is 415 g/mol. The van der Waals surface area contributed by atoms with Gasteiger partial charge in [0.2, 0.25) is 6.29 Å². The summed E-state index contributed by atoms with van der Waals surface area (Å²) in [5.41, 5.74) is 0. The highest BCUT2D eigenvalue weighted by Crippen LogP contribution is 2.45. The monoisotopic (exact) mass is 414 g/mol. The number of aliphatic hydroxyl groups is 1. The summed E-state index contributed by atoms with van der Waals surface area (Å²) >= 11 is 5.99. The van der Waals surface area contributed by atoms with Crippen molar-refractivity contribution < 1.29 is 23.1 Å². The van der Waals surface area contributed by atoms with Crippen LogP contribution in [0.25, 0.3) is 0 Å². The SMILES string of the molecule is CC(C)(C)[Si](C)(C)OCC1OC(O)C(F)(Cl)C1O[Si](C)(C)C(C)(C)C. The number of alkyl halides is 2. The maximum Gasteiger partial charge on any atom is 0.260 e. The highest BCUT2D eigenvalue weighted by atomic mass is 35.5. The Kier molecular flexibility index (Phi) is 6.73. The largest absolute Gasteiger partial charge is 0.414 e. The van der Waals surface area contributed by atoms with Crippen molar-refractivity contribution in [1.29, 1.82) is 0 Å². The second-order valence-electron chi connectivity index (χ2n) is 10.1. The summed E-state index contributed by atoms with van der Waals surface area (Å²) in [5, 5.41) is 7.38. The van der Waals surface area contributed by atoms with E-state index in [2.05, 4.69) is 54.6 Å². The smallest absolute Gasteiger partial charge is 0.260 e. The molecule has 150 valence electrons. The molecule has 4 nitrogen and oxygen atoms in total. The molecule has 4 unspecified atom stereocenters.